The number of amides is 1. The minimum Gasteiger partial charge on any atom is -0.495 e. The summed E-state index contributed by atoms with van der Waals surface area (Å²) in [7, 11) is 2.94. The Morgan fingerprint density at radius 2 is 1.81 bits per heavy atom. The lowest BCUT2D eigenvalue weighted by Gasteiger charge is -2.38. The lowest BCUT2D eigenvalue weighted by Crippen LogP contribution is -2.54. The van der Waals surface area contributed by atoms with E-state index in [-0.39, 0.29) is 58.0 Å². The van der Waals surface area contributed by atoms with Crippen LogP contribution in [0.15, 0.2) is 35.8 Å². The molecule has 0 radical (unpaired) electrons. The molecule has 2 fully saturated rings. The van der Waals surface area contributed by atoms with Crippen LogP contribution in [0.5, 0.6) is 11.5 Å². The smallest absolute Gasteiger partial charge is 0.260 e. The largest absolute Gasteiger partial charge is 0.495 e. The van der Waals surface area contributed by atoms with Crippen molar-refractivity contribution in [2.75, 3.05) is 45.8 Å². The Kier molecular flexibility index (Phi) is 9.75. The van der Waals surface area contributed by atoms with Gasteiger partial charge in [0.05, 0.1) is 55.2 Å². The molecule has 2 aromatic heterocycles. The molecule has 3 aromatic rings. The number of nitrogens with one attached hydrogen (secondary N) is 1. The Hall–Kier alpha value is -3.38. The zero-order valence-corrected chi connectivity index (χ0v) is 25.7. The number of anilines is 1. The number of likely N-dealkylation sites (tertiary alicyclic amines) is 1. The van der Waals surface area contributed by atoms with Crippen LogP contribution in [0, 0.1) is 5.92 Å². The molecule has 2 aliphatic rings. The first-order valence-corrected chi connectivity index (χ1v) is 14.9. The molecule has 5 rings (SSSR count). The number of hydrogen-bond donors (Lipinski definition) is 2. The Morgan fingerprint density at radius 1 is 1.14 bits per heavy atom. The van der Waals surface area contributed by atoms with Crippen LogP contribution in [0.1, 0.15) is 25.7 Å². The van der Waals surface area contributed by atoms with Crippen molar-refractivity contribution in [3.63, 3.8) is 0 Å². The van der Waals surface area contributed by atoms with E-state index in [1.165, 1.54) is 24.9 Å². The van der Waals surface area contributed by atoms with Crippen LogP contribution in [0.3, 0.4) is 0 Å². The third-order valence-corrected chi connectivity index (χ3v) is 8.79. The number of aliphatic hydroxyl groups excluding tert-OH is 1. The van der Waals surface area contributed by atoms with Gasteiger partial charge in [-0.2, -0.15) is 4.98 Å². The highest BCUT2D eigenvalue weighted by Gasteiger charge is 2.30. The number of hydrogen-bond acceptors (Lipinski definition) is 9. The molecule has 1 aliphatic carbocycles. The van der Waals surface area contributed by atoms with Crippen LogP contribution in [0.4, 0.5) is 5.95 Å². The van der Waals surface area contributed by atoms with Gasteiger partial charge in [0.15, 0.2) is 0 Å². The third-order valence-electron chi connectivity index (χ3n) is 8.04. The number of methoxy groups -OCH3 is 2. The summed E-state index contributed by atoms with van der Waals surface area (Å²) >= 11 is 13.4. The number of ether oxygens (including phenoxy) is 3. The second kappa shape index (κ2) is 13.5. The van der Waals surface area contributed by atoms with Gasteiger partial charge in [0, 0.05) is 42.8 Å². The number of nitrogens with zero attached hydrogens (tertiary/aromatic N) is 4. The van der Waals surface area contributed by atoms with Crippen LogP contribution >= 0.6 is 23.2 Å². The standard InChI is InChI=1S/C30H35Cl2N5O6/c1-4-24(39)36-15-20(16-36)43-10-9-37-28-18(14-34-30(35-28)33-13-17-5-7-19(38)8-6-17)11-21(29(37)40)25-26(31)22(41-2)12-23(42-3)27(25)32/h4,11-12,14,17,19-20,38H,1,5-10,13,15-16H2,2-3H3,(H,33,34,35). The van der Waals surface area contributed by atoms with Gasteiger partial charge in [-0.05, 0) is 43.7 Å². The van der Waals surface area contributed by atoms with Gasteiger partial charge in [-0.1, -0.05) is 29.8 Å². The highest BCUT2D eigenvalue weighted by atomic mass is 35.5. The molecule has 3 heterocycles. The molecule has 11 nitrogen and oxygen atoms in total. The molecule has 1 saturated carbocycles. The van der Waals surface area contributed by atoms with Crippen molar-refractivity contribution < 1.29 is 24.1 Å². The van der Waals surface area contributed by atoms with E-state index in [4.69, 9.17) is 42.4 Å². The topological polar surface area (TPSA) is 128 Å². The number of aliphatic hydroxyl groups is 1. The van der Waals surface area contributed by atoms with Gasteiger partial charge in [0.2, 0.25) is 11.9 Å². The molecule has 0 bridgehead atoms. The molecule has 230 valence electrons. The van der Waals surface area contributed by atoms with Crippen molar-refractivity contribution in [2.24, 2.45) is 5.92 Å². The molecular weight excluding hydrogens is 597 g/mol. The van der Waals surface area contributed by atoms with E-state index in [1.807, 2.05) is 0 Å². The van der Waals surface area contributed by atoms with Crippen molar-refractivity contribution in [1.29, 1.82) is 0 Å². The van der Waals surface area contributed by atoms with Gasteiger partial charge < -0.3 is 29.5 Å². The predicted octanol–water partition coefficient (Wildman–Crippen LogP) is 4.16. The van der Waals surface area contributed by atoms with E-state index < -0.39 is 0 Å². The molecule has 1 amide bonds. The number of carbonyl (C=O) groups is 1. The summed E-state index contributed by atoms with van der Waals surface area (Å²) in [5, 5.41) is 14.1. The number of carbonyl (C=O) groups excluding carboxylic acids is 1. The van der Waals surface area contributed by atoms with Crippen molar-refractivity contribution in [3.8, 4) is 22.6 Å². The first-order chi connectivity index (χ1) is 20.7. The number of aromatic nitrogens is 3. The Bertz CT molecular complexity index is 1540. The molecule has 0 atom stereocenters. The van der Waals surface area contributed by atoms with Crippen LogP contribution in [-0.4, -0.2) is 83.1 Å². The van der Waals surface area contributed by atoms with Crippen molar-refractivity contribution >= 4 is 46.1 Å². The maximum atomic E-state index is 14.1. The van der Waals surface area contributed by atoms with Crippen molar-refractivity contribution in [2.45, 2.75) is 44.4 Å². The van der Waals surface area contributed by atoms with Crippen LogP contribution < -0.4 is 20.3 Å². The zero-order valence-electron chi connectivity index (χ0n) is 24.1. The second-order valence-electron chi connectivity index (χ2n) is 10.8. The first kappa shape index (κ1) is 31.1. The summed E-state index contributed by atoms with van der Waals surface area (Å²) in [4.78, 5) is 36.8. The molecular formula is C30H35Cl2N5O6. The van der Waals surface area contributed by atoms with E-state index in [0.717, 1.165) is 25.7 Å². The minimum absolute atomic E-state index is 0.138. The maximum absolute atomic E-state index is 14.1. The highest BCUT2D eigenvalue weighted by molar-refractivity contribution is 6.41. The van der Waals surface area contributed by atoms with Crippen LogP contribution in [-0.2, 0) is 16.1 Å². The fourth-order valence-corrected chi connectivity index (χ4v) is 6.20. The van der Waals surface area contributed by atoms with Gasteiger partial charge in [-0.15, -0.1) is 0 Å². The molecule has 1 saturated heterocycles. The lowest BCUT2D eigenvalue weighted by molar-refractivity contribution is -0.139. The van der Waals surface area contributed by atoms with Gasteiger partial charge >= 0.3 is 0 Å². The van der Waals surface area contributed by atoms with E-state index in [2.05, 4.69) is 16.9 Å². The van der Waals surface area contributed by atoms with Gasteiger partial charge in [0.1, 0.15) is 17.1 Å². The summed E-state index contributed by atoms with van der Waals surface area (Å²) in [6, 6.07) is 3.23. The fourth-order valence-electron chi connectivity index (χ4n) is 5.50. The average Bonchev–Trinajstić information content (AvgIpc) is 2.99. The van der Waals surface area contributed by atoms with E-state index in [9.17, 15) is 14.7 Å². The fraction of sp³-hybridized carbons (Fsp3) is 0.467. The van der Waals surface area contributed by atoms with Gasteiger partial charge in [-0.3, -0.25) is 14.2 Å². The molecule has 43 heavy (non-hydrogen) atoms. The van der Waals surface area contributed by atoms with E-state index in [1.54, 1.807) is 23.2 Å². The van der Waals surface area contributed by atoms with Gasteiger partial charge in [0.25, 0.3) is 5.56 Å². The number of halogens is 2. The second-order valence-corrected chi connectivity index (χ2v) is 11.5. The Morgan fingerprint density at radius 3 is 2.44 bits per heavy atom. The Labute approximate surface area is 259 Å². The molecule has 1 aromatic carbocycles. The molecule has 13 heteroatoms. The van der Waals surface area contributed by atoms with Gasteiger partial charge in [-0.25, -0.2) is 4.98 Å². The quantitative estimate of drug-likeness (QED) is 0.300. The first-order valence-electron chi connectivity index (χ1n) is 14.2. The number of pyridine rings is 1. The van der Waals surface area contributed by atoms with Crippen LogP contribution in [0.25, 0.3) is 22.2 Å². The summed E-state index contributed by atoms with van der Waals surface area (Å²) < 4.78 is 18.4. The molecule has 2 N–H and O–H groups in total. The average molecular weight is 633 g/mol. The maximum Gasteiger partial charge on any atom is 0.260 e. The summed E-state index contributed by atoms with van der Waals surface area (Å²) in [6.07, 6.45) is 5.99. The highest BCUT2D eigenvalue weighted by Crippen LogP contribution is 2.45. The molecule has 1 aliphatic heterocycles. The number of fused-ring (bicyclic) bond motifs is 1. The summed E-state index contributed by atoms with van der Waals surface area (Å²) in [5.74, 6) is 1.28. The normalized spacial score (nSPS) is 18.8. The number of benzene rings is 1. The minimum atomic E-state index is -0.377. The molecule has 0 spiro atoms. The molecule has 0 unspecified atom stereocenters. The number of rotatable bonds is 11. The van der Waals surface area contributed by atoms with Crippen molar-refractivity contribution in [3.05, 3.63) is 51.4 Å². The van der Waals surface area contributed by atoms with Crippen molar-refractivity contribution in [1.82, 2.24) is 19.4 Å². The van der Waals surface area contributed by atoms with Crippen LogP contribution in [0.2, 0.25) is 10.0 Å². The summed E-state index contributed by atoms with van der Waals surface area (Å²) in [5.41, 5.74) is 0.558. The lowest BCUT2D eigenvalue weighted by atomic mass is 9.87. The van der Waals surface area contributed by atoms with E-state index >= 15 is 0 Å². The Balaban J connectivity index is 1.48. The van der Waals surface area contributed by atoms with E-state index in [0.29, 0.717) is 54.0 Å². The monoisotopic (exact) mass is 631 g/mol. The zero-order chi connectivity index (χ0) is 30.7. The summed E-state index contributed by atoms with van der Waals surface area (Å²) in [6.45, 7) is 5.50. The third kappa shape index (κ3) is 6.59. The SMILES string of the molecule is C=CC(=O)N1CC(OCCn2c(=O)c(-c3c(Cl)c(OC)cc(OC)c3Cl)cc3cnc(NCC4CCC(O)CC4)nc32)C1. The predicted molar refractivity (Wildman–Crippen MR) is 165 cm³/mol.